The molecule has 0 aliphatic carbocycles. The molecule has 12 nitrogen and oxygen atoms in total. The van der Waals surface area contributed by atoms with Crippen molar-refractivity contribution in [1.29, 1.82) is 0 Å². The highest BCUT2D eigenvalue weighted by Crippen LogP contribution is 2.02. The third-order valence-corrected chi connectivity index (χ3v) is 6.17. The van der Waals surface area contributed by atoms with Crippen LogP contribution in [0.5, 0.6) is 0 Å². The molecule has 0 spiro atoms. The summed E-state index contributed by atoms with van der Waals surface area (Å²) in [4.78, 5) is 58.1. The van der Waals surface area contributed by atoms with Crippen molar-refractivity contribution in [2.45, 2.75) is 0 Å². The van der Waals surface area contributed by atoms with E-state index < -0.39 is 0 Å². The topological polar surface area (TPSA) is 129 Å². The monoisotopic (exact) mass is 560 g/mol. The van der Waals surface area contributed by atoms with E-state index in [-0.39, 0.29) is 49.8 Å². The van der Waals surface area contributed by atoms with Crippen LogP contribution in [0.25, 0.3) is 0 Å². The molecule has 0 bridgehead atoms. The predicted molar refractivity (Wildman–Crippen MR) is 159 cm³/mol. The summed E-state index contributed by atoms with van der Waals surface area (Å²) < 4.78 is 0. The fraction of sp³-hybridized carbons (Fsp3) is 0.571. The SMILES string of the molecule is C=CCNC(=O)CN1CCN(CC(=O)NCC=C)CCN(CC(=O)NCC=C)CCN(CC(=O)NCC=C)CC1. The highest BCUT2D eigenvalue weighted by molar-refractivity contribution is 5.79. The van der Waals surface area contributed by atoms with Crippen LogP contribution >= 0.6 is 0 Å². The first-order chi connectivity index (χ1) is 19.3. The van der Waals surface area contributed by atoms with E-state index in [0.717, 1.165) is 0 Å². The lowest BCUT2D eigenvalue weighted by atomic mass is 10.3. The Morgan fingerprint density at radius 3 is 0.750 bits per heavy atom. The van der Waals surface area contributed by atoms with Crippen LogP contribution in [0.3, 0.4) is 0 Å². The standard InChI is InChI=1S/C28H48N8O4/c1-5-9-29-25(37)21-33-13-15-34(22-26(38)30-10-6-2)17-19-36(24-28(40)32-12-8-4)20-18-35(16-14-33)23-27(39)31-11-7-3/h5-8H,1-4,9-24H2,(H,29,37)(H,30,38)(H,31,39)(H,32,40). The summed E-state index contributed by atoms with van der Waals surface area (Å²) in [6.07, 6.45) is 6.52. The minimum atomic E-state index is -0.116. The van der Waals surface area contributed by atoms with Crippen molar-refractivity contribution in [3.63, 3.8) is 0 Å². The molecule has 0 aromatic carbocycles. The summed E-state index contributed by atoms with van der Waals surface area (Å²) in [6, 6.07) is 0. The molecule has 224 valence electrons. The Kier molecular flexibility index (Phi) is 18.7. The number of rotatable bonds is 16. The average molecular weight is 561 g/mol. The van der Waals surface area contributed by atoms with Crippen LogP contribution < -0.4 is 21.3 Å². The van der Waals surface area contributed by atoms with Crippen LogP contribution in [0.1, 0.15) is 0 Å². The molecular weight excluding hydrogens is 512 g/mol. The lowest BCUT2D eigenvalue weighted by Gasteiger charge is -2.33. The zero-order valence-electron chi connectivity index (χ0n) is 23.9. The van der Waals surface area contributed by atoms with E-state index >= 15 is 0 Å². The van der Waals surface area contributed by atoms with Crippen molar-refractivity contribution in [3.05, 3.63) is 50.6 Å². The number of carbonyl (C=O) groups excluding carboxylic acids is 4. The first-order valence-corrected chi connectivity index (χ1v) is 13.7. The van der Waals surface area contributed by atoms with Crippen LogP contribution in [-0.4, -0.2) is 148 Å². The Labute approximate surface area is 239 Å². The number of nitrogens with one attached hydrogen (secondary N) is 4. The number of hydrogen-bond acceptors (Lipinski definition) is 8. The van der Waals surface area contributed by atoms with Gasteiger partial charge >= 0.3 is 0 Å². The fourth-order valence-corrected chi connectivity index (χ4v) is 3.99. The Bertz CT molecular complexity index is 698. The van der Waals surface area contributed by atoms with Gasteiger partial charge in [0.25, 0.3) is 0 Å². The normalized spacial score (nSPS) is 16.4. The molecule has 4 N–H and O–H groups in total. The minimum Gasteiger partial charge on any atom is -0.352 e. The van der Waals surface area contributed by atoms with E-state index in [1.807, 2.05) is 19.6 Å². The lowest BCUT2D eigenvalue weighted by Crippen LogP contribution is -2.51. The van der Waals surface area contributed by atoms with Crippen LogP contribution in [-0.2, 0) is 19.2 Å². The molecule has 0 saturated carbocycles. The summed E-state index contributed by atoms with van der Waals surface area (Å²) in [5, 5.41) is 11.3. The maximum Gasteiger partial charge on any atom is 0.234 e. The molecule has 12 heteroatoms. The number of nitrogens with zero attached hydrogens (tertiary/aromatic N) is 4. The molecule has 1 aliphatic rings. The molecule has 1 heterocycles. The smallest absolute Gasteiger partial charge is 0.234 e. The number of carbonyl (C=O) groups is 4. The summed E-state index contributed by atoms with van der Waals surface area (Å²) in [7, 11) is 0. The molecule has 0 aromatic heterocycles. The fourth-order valence-electron chi connectivity index (χ4n) is 3.99. The molecule has 4 amide bonds. The zero-order chi connectivity index (χ0) is 29.6. The van der Waals surface area contributed by atoms with Crippen LogP contribution in [0, 0.1) is 0 Å². The lowest BCUT2D eigenvalue weighted by molar-refractivity contribution is -0.124. The van der Waals surface area contributed by atoms with Crippen molar-refractivity contribution in [2.24, 2.45) is 0 Å². The third-order valence-electron chi connectivity index (χ3n) is 6.17. The van der Waals surface area contributed by atoms with E-state index in [1.165, 1.54) is 0 Å². The van der Waals surface area contributed by atoms with E-state index in [0.29, 0.717) is 78.5 Å². The quantitative estimate of drug-likeness (QED) is 0.167. The van der Waals surface area contributed by atoms with Gasteiger partial charge in [0.1, 0.15) is 0 Å². The summed E-state index contributed by atoms with van der Waals surface area (Å²) in [5.74, 6) is -0.466. The highest BCUT2D eigenvalue weighted by atomic mass is 16.2. The number of hydrogen-bond donors (Lipinski definition) is 4. The second-order valence-electron chi connectivity index (χ2n) is 9.48. The first kappa shape index (κ1) is 34.7. The van der Waals surface area contributed by atoms with Gasteiger partial charge in [-0.1, -0.05) is 24.3 Å². The molecule has 0 atom stereocenters. The Balaban J connectivity index is 3.08. The number of amides is 4. The van der Waals surface area contributed by atoms with Crippen molar-refractivity contribution in [1.82, 2.24) is 40.9 Å². The van der Waals surface area contributed by atoms with Gasteiger partial charge in [0.2, 0.25) is 23.6 Å². The van der Waals surface area contributed by atoms with E-state index in [9.17, 15) is 19.2 Å². The van der Waals surface area contributed by atoms with Crippen molar-refractivity contribution < 1.29 is 19.2 Å². The first-order valence-electron chi connectivity index (χ1n) is 13.7. The third kappa shape index (κ3) is 16.6. The molecule has 1 fully saturated rings. The second kappa shape index (κ2) is 21.5. The maximum absolute atomic E-state index is 12.5. The average Bonchev–Trinajstić information content (AvgIpc) is 2.93. The Morgan fingerprint density at radius 1 is 0.425 bits per heavy atom. The largest absolute Gasteiger partial charge is 0.352 e. The minimum absolute atomic E-state index is 0.116. The van der Waals surface area contributed by atoms with Gasteiger partial charge in [-0.3, -0.25) is 38.8 Å². The van der Waals surface area contributed by atoms with Gasteiger partial charge in [0.05, 0.1) is 26.2 Å². The van der Waals surface area contributed by atoms with Gasteiger partial charge in [0.15, 0.2) is 0 Å². The summed E-state index contributed by atoms with van der Waals surface area (Å²) >= 11 is 0. The Hall–Kier alpha value is -3.32. The van der Waals surface area contributed by atoms with Gasteiger partial charge < -0.3 is 21.3 Å². The Morgan fingerprint density at radius 2 is 0.600 bits per heavy atom. The molecule has 1 rings (SSSR count). The van der Waals surface area contributed by atoms with Crippen LogP contribution in [0.15, 0.2) is 50.6 Å². The highest BCUT2D eigenvalue weighted by Gasteiger charge is 2.21. The van der Waals surface area contributed by atoms with Crippen molar-refractivity contribution >= 4 is 23.6 Å². The van der Waals surface area contributed by atoms with E-state index in [2.05, 4.69) is 47.6 Å². The molecule has 1 saturated heterocycles. The van der Waals surface area contributed by atoms with Crippen LogP contribution in [0.2, 0.25) is 0 Å². The van der Waals surface area contributed by atoms with Gasteiger partial charge in [-0.15, -0.1) is 26.3 Å². The molecular formula is C28H48N8O4. The van der Waals surface area contributed by atoms with E-state index in [4.69, 9.17) is 0 Å². The van der Waals surface area contributed by atoms with E-state index in [1.54, 1.807) is 24.3 Å². The molecule has 1 aliphatic heterocycles. The maximum atomic E-state index is 12.5. The van der Waals surface area contributed by atoms with Gasteiger partial charge in [-0.25, -0.2) is 0 Å². The molecule has 0 unspecified atom stereocenters. The summed E-state index contributed by atoms with van der Waals surface area (Å²) in [6.45, 7) is 21.2. The van der Waals surface area contributed by atoms with Gasteiger partial charge in [0, 0.05) is 78.5 Å². The second-order valence-corrected chi connectivity index (χ2v) is 9.48. The van der Waals surface area contributed by atoms with Crippen molar-refractivity contribution in [2.75, 3.05) is 105 Å². The summed E-state index contributed by atoms with van der Waals surface area (Å²) in [5.41, 5.74) is 0. The zero-order valence-corrected chi connectivity index (χ0v) is 23.9. The molecule has 0 radical (unpaired) electrons. The van der Waals surface area contributed by atoms with Gasteiger partial charge in [-0.2, -0.15) is 0 Å². The van der Waals surface area contributed by atoms with Crippen molar-refractivity contribution in [3.8, 4) is 0 Å². The molecule has 0 aromatic rings. The predicted octanol–water partition coefficient (Wildman–Crippen LogP) is -1.58. The molecule has 40 heavy (non-hydrogen) atoms. The van der Waals surface area contributed by atoms with Crippen LogP contribution in [0.4, 0.5) is 0 Å². The van der Waals surface area contributed by atoms with Gasteiger partial charge in [-0.05, 0) is 0 Å².